The van der Waals surface area contributed by atoms with Crippen molar-refractivity contribution in [2.45, 2.75) is 42.8 Å². The van der Waals surface area contributed by atoms with Gasteiger partial charge in [0.2, 0.25) is 5.88 Å². The highest BCUT2D eigenvalue weighted by Crippen LogP contribution is 2.29. The first kappa shape index (κ1) is 14.6. The van der Waals surface area contributed by atoms with E-state index < -0.39 is 9.05 Å². The quantitative estimate of drug-likeness (QED) is 0.799. The Balaban J connectivity index is 2.15. The number of rotatable bonds is 4. The molecule has 1 fully saturated rings. The highest BCUT2D eigenvalue weighted by molar-refractivity contribution is 8.13. The molecule has 2 unspecified atom stereocenters. The number of methoxy groups -OCH3 is 1. The van der Waals surface area contributed by atoms with Gasteiger partial charge in [-0.15, -0.1) is 0 Å². The summed E-state index contributed by atoms with van der Waals surface area (Å²) in [6.45, 7) is 0. The third-order valence-electron chi connectivity index (χ3n) is 3.19. The minimum atomic E-state index is -3.85. The molecule has 0 bridgehead atoms. The topological polar surface area (TPSA) is 65.5 Å². The number of halogens is 1. The van der Waals surface area contributed by atoms with E-state index in [0.717, 1.165) is 25.7 Å². The average Bonchev–Trinajstić information content (AvgIpc) is 2.38. The lowest BCUT2D eigenvalue weighted by Gasteiger charge is -2.28. The van der Waals surface area contributed by atoms with E-state index in [4.69, 9.17) is 20.2 Å². The average molecular weight is 306 g/mol. The molecule has 0 aromatic carbocycles. The van der Waals surface area contributed by atoms with Crippen molar-refractivity contribution in [1.29, 1.82) is 0 Å². The predicted octanol–water partition coefficient (Wildman–Crippen LogP) is 2.35. The van der Waals surface area contributed by atoms with Gasteiger partial charge in [0.25, 0.3) is 9.05 Å². The molecule has 2 atom stereocenters. The Bertz CT molecular complexity index is 534. The summed E-state index contributed by atoms with van der Waals surface area (Å²) in [4.78, 5) is 3.88. The molecule has 1 aliphatic carbocycles. The van der Waals surface area contributed by atoms with Crippen molar-refractivity contribution >= 4 is 19.7 Å². The van der Waals surface area contributed by atoms with Gasteiger partial charge >= 0.3 is 0 Å². The summed E-state index contributed by atoms with van der Waals surface area (Å²) in [5.41, 5.74) is 0. The van der Waals surface area contributed by atoms with Crippen LogP contribution in [0.4, 0.5) is 0 Å². The molecule has 2 rings (SSSR count). The van der Waals surface area contributed by atoms with Crippen LogP contribution in [0.5, 0.6) is 5.88 Å². The molecule has 7 heteroatoms. The van der Waals surface area contributed by atoms with Crippen LogP contribution in [-0.4, -0.2) is 32.7 Å². The number of hydrogen-bond donors (Lipinski definition) is 0. The summed E-state index contributed by atoms with van der Waals surface area (Å²) < 4.78 is 33.9. The van der Waals surface area contributed by atoms with Crippen LogP contribution >= 0.6 is 10.7 Å². The van der Waals surface area contributed by atoms with Gasteiger partial charge in [-0.05, 0) is 31.4 Å². The van der Waals surface area contributed by atoms with Crippen molar-refractivity contribution < 1.29 is 17.9 Å². The maximum atomic E-state index is 11.4. The van der Waals surface area contributed by atoms with Crippen LogP contribution in [0.25, 0.3) is 0 Å². The van der Waals surface area contributed by atoms with E-state index >= 15 is 0 Å². The van der Waals surface area contributed by atoms with Crippen molar-refractivity contribution in [3.63, 3.8) is 0 Å². The van der Waals surface area contributed by atoms with Crippen LogP contribution < -0.4 is 4.74 Å². The normalized spacial score (nSPS) is 24.1. The highest BCUT2D eigenvalue weighted by atomic mass is 35.7. The number of nitrogens with zero attached hydrogens (tertiary/aromatic N) is 1. The first-order valence-corrected chi connectivity index (χ1v) is 8.41. The van der Waals surface area contributed by atoms with Crippen LogP contribution in [0.15, 0.2) is 23.2 Å². The Labute approximate surface area is 117 Å². The Hall–Kier alpha value is -0.850. The lowest BCUT2D eigenvalue weighted by Crippen LogP contribution is -2.30. The summed E-state index contributed by atoms with van der Waals surface area (Å²) in [5.74, 6) is 0.0688. The lowest BCUT2D eigenvalue weighted by atomic mass is 9.95. The first-order valence-electron chi connectivity index (χ1n) is 6.10. The highest BCUT2D eigenvalue weighted by Gasteiger charge is 2.26. The Morgan fingerprint density at radius 3 is 2.79 bits per heavy atom. The maximum absolute atomic E-state index is 11.4. The van der Waals surface area contributed by atoms with E-state index in [2.05, 4.69) is 4.98 Å². The molecular weight excluding hydrogens is 290 g/mol. The fraction of sp³-hybridized carbons (Fsp3) is 0.583. The van der Waals surface area contributed by atoms with E-state index in [0.29, 0.717) is 0 Å². The second kappa shape index (κ2) is 6.07. The van der Waals surface area contributed by atoms with Crippen LogP contribution in [0, 0.1) is 0 Å². The summed E-state index contributed by atoms with van der Waals surface area (Å²) >= 11 is 0. The van der Waals surface area contributed by atoms with Crippen LogP contribution in [0.2, 0.25) is 0 Å². The molecular formula is C12H16ClNO4S. The number of aromatic nitrogens is 1. The SMILES string of the molecule is COC1CCCC(Oc2ncccc2S(=O)(=O)Cl)C1. The van der Waals surface area contributed by atoms with Crippen LogP contribution in [0.1, 0.15) is 25.7 Å². The minimum Gasteiger partial charge on any atom is -0.473 e. The van der Waals surface area contributed by atoms with Crippen molar-refractivity contribution in [2.75, 3.05) is 7.11 Å². The zero-order valence-corrected chi connectivity index (χ0v) is 12.2. The standard InChI is InChI=1S/C12H16ClNO4S/c1-17-9-4-2-5-10(8-9)18-12-11(19(13,15)16)6-3-7-14-12/h3,6-7,9-10H,2,4-5,8H2,1H3. The molecule has 19 heavy (non-hydrogen) atoms. The second-order valence-corrected chi connectivity index (χ2v) is 7.04. The molecule has 1 saturated carbocycles. The molecule has 1 heterocycles. The van der Waals surface area contributed by atoms with Crippen molar-refractivity contribution in [2.24, 2.45) is 0 Å². The van der Waals surface area contributed by atoms with E-state index in [1.165, 1.54) is 18.3 Å². The van der Waals surface area contributed by atoms with E-state index in [-0.39, 0.29) is 23.0 Å². The van der Waals surface area contributed by atoms with Gasteiger partial charge in [0.1, 0.15) is 11.0 Å². The molecule has 0 spiro atoms. The van der Waals surface area contributed by atoms with Crippen LogP contribution in [-0.2, 0) is 13.8 Å². The molecule has 0 N–H and O–H groups in total. The molecule has 5 nitrogen and oxygen atoms in total. The monoisotopic (exact) mass is 305 g/mol. The Morgan fingerprint density at radius 1 is 1.37 bits per heavy atom. The molecule has 0 radical (unpaired) electrons. The van der Waals surface area contributed by atoms with Gasteiger partial charge < -0.3 is 9.47 Å². The van der Waals surface area contributed by atoms with Gasteiger partial charge in [0.15, 0.2) is 0 Å². The molecule has 0 amide bonds. The van der Waals surface area contributed by atoms with Gasteiger partial charge in [0.05, 0.1) is 6.10 Å². The smallest absolute Gasteiger partial charge is 0.266 e. The molecule has 1 aliphatic rings. The largest absolute Gasteiger partial charge is 0.473 e. The number of ether oxygens (including phenoxy) is 2. The van der Waals surface area contributed by atoms with Gasteiger partial charge in [0, 0.05) is 30.4 Å². The molecule has 1 aromatic rings. The number of hydrogen-bond acceptors (Lipinski definition) is 5. The van der Waals surface area contributed by atoms with E-state index in [9.17, 15) is 8.42 Å². The fourth-order valence-electron chi connectivity index (χ4n) is 2.23. The second-order valence-electron chi connectivity index (χ2n) is 4.51. The molecule has 0 aliphatic heterocycles. The van der Waals surface area contributed by atoms with E-state index in [1.807, 2.05) is 0 Å². The fourth-order valence-corrected chi connectivity index (χ4v) is 3.13. The zero-order chi connectivity index (χ0) is 13.9. The van der Waals surface area contributed by atoms with Crippen molar-refractivity contribution in [3.8, 4) is 5.88 Å². The third-order valence-corrected chi connectivity index (χ3v) is 4.52. The van der Waals surface area contributed by atoms with Gasteiger partial charge in [-0.3, -0.25) is 0 Å². The van der Waals surface area contributed by atoms with E-state index in [1.54, 1.807) is 7.11 Å². The summed E-state index contributed by atoms with van der Waals surface area (Å²) in [6.07, 6.45) is 5.12. The van der Waals surface area contributed by atoms with Gasteiger partial charge in [-0.2, -0.15) is 0 Å². The van der Waals surface area contributed by atoms with Crippen molar-refractivity contribution in [3.05, 3.63) is 18.3 Å². The Kier molecular flexibility index (Phi) is 4.65. The van der Waals surface area contributed by atoms with Gasteiger partial charge in [-0.1, -0.05) is 0 Å². The zero-order valence-electron chi connectivity index (χ0n) is 10.6. The predicted molar refractivity (Wildman–Crippen MR) is 71.0 cm³/mol. The first-order chi connectivity index (χ1) is 9.00. The molecule has 106 valence electrons. The lowest BCUT2D eigenvalue weighted by molar-refractivity contribution is 0.0185. The summed E-state index contributed by atoms with van der Waals surface area (Å²) in [6, 6.07) is 2.91. The summed E-state index contributed by atoms with van der Waals surface area (Å²) in [7, 11) is 3.18. The third kappa shape index (κ3) is 3.81. The molecule has 0 saturated heterocycles. The Morgan fingerprint density at radius 2 is 2.11 bits per heavy atom. The van der Waals surface area contributed by atoms with Crippen molar-refractivity contribution in [1.82, 2.24) is 4.98 Å². The van der Waals surface area contributed by atoms with Gasteiger partial charge in [-0.25, -0.2) is 13.4 Å². The number of pyridine rings is 1. The molecule has 1 aromatic heterocycles. The maximum Gasteiger partial charge on any atom is 0.266 e. The van der Waals surface area contributed by atoms with Crippen LogP contribution in [0.3, 0.4) is 0 Å². The summed E-state index contributed by atoms with van der Waals surface area (Å²) in [5, 5.41) is 0. The minimum absolute atomic E-state index is 0.0688.